The van der Waals surface area contributed by atoms with Gasteiger partial charge in [0.05, 0.1) is 12.6 Å². The summed E-state index contributed by atoms with van der Waals surface area (Å²) in [4.78, 5) is 30.8. The molecule has 2 atom stereocenters. The molecule has 0 spiro atoms. The number of methoxy groups -OCH3 is 1. The number of hydrogen-bond acceptors (Lipinski definition) is 5. The highest BCUT2D eigenvalue weighted by molar-refractivity contribution is 7.10. The van der Waals surface area contributed by atoms with Gasteiger partial charge in [0.1, 0.15) is 19.0 Å². The van der Waals surface area contributed by atoms with Crippen LogP contribution in [0.5, 0.6) is 5.75 Å². The number of nitrogens with zero attached hydrogens (tertiary/aromatic N) is 2. The predicted molar refractivity (Wildman–Crippen MR) is 127 cm³/mol. The van der Waals surface area contributed by atoms with Gasteiger partial charge in [-0.1, -0.05) is 31.9 Å². The van der Waals surface area contributed by atoms with Gasteiger partial charge < -0.3 is 19.3 Å². The molecule has 0 fully saturated rings. The van der Waals surface area contributed by atoms with E-state index in [4.69, 9.17) is 21.1 Å². The van der Waals surface area contributed by atoms with Crippen LogP contribution in [0.15, 0.2) is 35.7 Å². The van der Waals surface area contributed by atoms with Crippen LogP contribution in [0.4, 0.5) is 0 Å². The minimum absolute atomic E-state index is 0.0263. The quantitative estimate of drug-likeness (QED) is 0.507. The standard InChI is InChI=1S/C24H31ClN2O4S/c1-4-17(2)13-26(24(29)16-30-3)14-23(28)27-11-9-22-20(10-12-32-22)21(27)15-31-19-7-5-18(25)6-8-19/h5-8,10,12,17,21H,4,9,11,13-16H2,1-3H3/t17-,21-/m0/s1. The third kappa shape index (κ3) is 6.24. The Kier molecular flexibility index (Phi) is 8.96. The Morgan fingerprint density at radius 1 is 1.28 bits per heavy atom. The van der Waals surface area contributed by atoms with E-state index in [1.807, 2.05) is 17.0 Å². The number of benzene rings is 1. The van der Waals surface area contributed by atoms with Gasteiger partial charge in [-0.15, -0.1) is 11.3 Å². The van der Waals surface area contributed by atoms with Crippen molar-refractivity contribution in [3.8, 4) is 5.75 Å². The molecule has 0 aliphatic carbocycles. The molecule has 0 unspecified atom stereocenters. The van der Waals surface area contributed by atoms with Crippen LogP contribution >= 0.6 is 22.9 Å². The van der Waals surface area contributed by atoms with Gasteiger partial charge in [0, 0.05) is 30.1 Å². The zero-order valence-electron chi connectivity index (χ0n) is 18.9. The molecule has 1 aliphatic rings. The molecule has 0 radical (unpaired) electrons. The Labute approximate surface area is 199 Å². The second kappa shape index (κ2) is 11.7. The highest BCUT2D eigenvalue weighted by Gasteiger charge is 2.33. The molecule has 0 saturated carbocycles. The number of fused-ring (bicyclic) bond motifs is 1. The van der Waals surface area contributed by atoms with Crippen LogP contribution < -0.4 is 4.74 Å². The molecule has 0 saturated heterocycles. The summed E-state index contributed by atoms with van der Waals surface area (Å²) in [6.45, 7) is 5.67. The summed E-state index contributed by atoms with van der Waals surface area (Å²) < 4.78 is 11.1. The molecule has 2 heterocycles. The molecule has 1 aliphatic heterocycles. The molecule has 1 aromatic heterocycles. The van der Waals surface area contributed by atoms with E-state index in [2.05, 4.69) is 25.3 Å². The molecular formula is C24H31ClN2O4S. The maximum atomic E-state index is 13.4. The number of amides is 2. The van der Waals surface area contributed by atoms with Gasteiger partial charge in [0.15, 0.2) is 0 Å². The van der Waals surface area contributed by atoms with E-state index in [0.717, 1.165) is 18.4 Å². The monoisotopic (exact) mass is 478 g/mol. The Morgan fingerprint density at radius 3 is 2.72 bits per heavy atom. The maximum Gasteiger partial charge on any atom is 0.249 e. The van der Waals surface area contributed by atoms with Crippen molar-refractivity contribution < 1.29 is 19.1 Å². The third-order valence-electron chi connectivity index (χ3n) is 5.81. The van der Waals surface area contributed by atoms with Crippen LogP contribution in [0.3, 0.4) is 0 Å². The number of carbonyl (C=O) groups is 2. The largest absolute Gasteiger partial charge is 0.491 e. The summed E-state index contributed by atoms with van der Waals surface area (Å²) >= 11 is 7.68. The van der Waals surface area contributed by atoms with E-state index in [1.54, 1.807) is 28.4 Å². The fourth-order valence-electron chi connectivity index (χ4n) is 3.81. The van der Waals surface area contributed by atoms with Gasteiger partial charge in [0.2, 0.25) is 11.8 Å². The minimum atomic E-state index is -0.198. The SMILES string of the molecule is CC[C@H](C)CN(CC(=O)N1CCc2sccc2[C@@H]1COc1ccc(Cl)cc1)C(=O)COC. The maximum absolute atomic E-state index is 13.4. The van der Waals surface area contributed by atoms with Crippen molar-refractivity contribution in [2.45, 2.75) is 32.7 Å². The lowest BCUT2D eigenvalue weighted by atomic mass is 10.00. The zero-order chi connectivity index (χ0) is 23.1. The summed E-state index contributed by atoms with van der Waals surface area (Å²) in [5.74, 6) is 0.776. The van der Waals surface area contributed by atoms with Crippen LogP contribution in [0.2, 0.25) is 5.02 Å². The number of thiophene rings is 1. The molecule has 174 valence electrons. The van der Waals surface area contributed by atoms with Crippen LogP contribution in [0.1, 0.15) is 36.8 Å². The summed E-state index contributed by atoms with van der Waals surface area (Å²) in [5.41, 5.74) is 1.13. The summed E-state index contributed by atoms with van der Waals surface area (Å²) in [6, 6.07) is 9.08. The van der Waals surface area contributed by atoms with Crippen molar-refractivity contribution in [1.29, 1.82) is 0 Å². The summed E-state index contributed by atoms with van der Waals surface area (Å²) in [7, 11) is 1.49. The highest BCUT2D eigenvalue weighted by Crippen LogP contribution is 2.34. The average molecular weight is 479 g/mol. The number of hydrogen-bond donors (Lipinski definition) is 0. The first-order valence-electron chi connectivity index (χ1n) is 10.9. The topological polar surface area (TPSA) is 59.1 Å². The number of carbonyl (C=O) groups excluding carboxylic acids is 2. The van der Waals surface area contributed by atoms with Gasteiger partial charge in [-0.2, -0.15) is 0 Å². The average Bonchev–Trinajstić information content (AvgIpc) is 3.27. The van der Waals surface area contributed by atoms with Crippen molar-refractivity contribution >= 4 is 34.8 Å². The Bertz CT molecular complexity index is 902. The Hall–Kier alpha value is -2.09. The fourth-order valence-corrected chi connectivity index (χ4v) is 4.86. The predicted octanol–water partition coefficient (Wildman–Crippen LogP) is 4.43. The number of rotatable bonds is 10. The van der Waals surface area contributed by atoms with Gasteiger partial charge in [-0.05, 0) is 53.6 Å². The van der Waals surface area contributed by atoms with Crippen molar-refractivity contribution in [2.75, 3.05) is 40.0 Å². The van der Waals surface area contributed by atoms with Gasteiger partial charge in [-0.3, -0.25) is 9.59 Å². The van der Waals surface area contributed by atoms with E-state index in [-0.39, 0.29) is 31.0 Å². The molecule has 0 N–H and O–H groups in total. The first-order chi connectivity index (χ1) is 15.4. The van der Waals surface area contributed by atoms with Crippen molar-refractivity contribution in [1.82, 2.24) is 9.80 Å². The van der Waals surface area contributed by atoms with E-state index in [1.165, 1.54) is 12.0 Å². The van der Waals surface area contributed by atoms with Crippen molar-refractivity contribution in [2.24, 2.45) is 5.92 Å². The molecule has 1 aromatic carbocycles. The van der Waals surface area contributed by atoms with Crippen LogP contribution in [0, 0.1) is 5.92 Å². The number of halogens is 1. The second-order valence-electron chi connectivity index (χ2n) is 8.14. The van der Waals surface area contributed by atoms with E-state index in [9.17, 15) is 9.59 Å². The van der Waals surface area contributed by atoms with E-state index in [0.29, 0.717) is 36.4 Å². The van der Waals surface area contributed by atoms with Gasteiger partial charge in [-0.25, -0.2) is 0 Å². The fraction of sp³-hybridized carbons (Fsp3) is 0.500. The van der Waals surface area contributed by atoms with Crippen molar-refractivity contribution in [3.05, 3.63) is 51.2 Å². The summed E-state index contributed by atoms with van der Waals surface area (Å²) in [6.07, 6.45) is 1.75. The van der Waals surface area contributed by atoms with Crippen LogP contribution in [-0.2, 0) is 20.7 Å². The zero-order valence-corrected chi connectivity index (χ0v) is 20.5. The molecule has 8 heteroatoms. The molecule has 32 heavy (non-hydrogen) atoms. The van der Waals surface area contributed by atoms with Crippen molar-refractivity contribution in [3.63, 3.8) is 0 Å². The first kappa shape index (κ1) is 24.6. The van der Waals surface area contributed by atoms with E-state index < -0.39 is 0 Å². The minimum Gasteiger partial charge on any atom is -0.491 e. The van der Waals surface area contributed by atoms with Crippen LogP contribution in [0.25, 0.3) is 0 Å². The Balaban J connectivity index is 1.75. The normalized spacial score (nSPS) is 16.4. The molecule has 0 bridgehead atoms. The third-order valence-corrected chi connectivity index (χ3v) is 7.06. The molecule has 3 rings (SSSR count). The first-order valence-corrected chi connectivity index (χ1v) is 12.2. The Morgan fingerprint density at radius 2 is 2.03 bits per heavy atom. The molecule has 2 aromatic rings. The lowest BCUT2D eigenvalue weighted by Crippen LogP contribution is -2.49. The summed E-state index contributed by atoms with van der Waals surface area (Å²) in [5, 5.41) is 2.71. The van der Waals surface area contributed by atoms with Crippen LogP contribution in [-0.4, -0.2) is 61.6 Å². The smallest absolute Gasteiger partial charge is 0.249 e. The number of ether oxygens (including phenoxy) is 2. The lowest BCUT2D eigenvalue weighted by Gasteiger charge is -2.37. The van der Waals surface area contributed by atoms with Gasteiger partial charge in [0.25, 0.3) is 0 Å². The van der Waals surface area contributed by atoms with E-state index >= 15 is 0 Å². The molecular weight excluding hydrogens is 448 g/mol. The molecule has 6 nitrogen and oxygen atoms in total. The lowest BCUT2D eigenvalue weighted by molar-refractivity contribution is -0.145. The van der Waals surface area contributed by atoms with Gasteiger partial charge >= 0.3 is 0 Å². The highest BCUT2D eigenvalue weighted by atomic mass is 35.5. The molecule has 2 amide bonds. The second-order valence-corrected chi connectivity index (χ2v) is 9.57.